The van der Waals surface area contributed by atoms with Crippen molar-refractivity contribution in [3.63, 3.8) is 0 Å². The summed E-state index contributed by atoms with van der Waals surface area (Å²) in [5, 5.41) is 12.7. The van der Waals surface area contributed by atoms with Crippen molar-refractivity contribution in [3.05, 3.63) is 35.6 Å². The number of hydrogen-bond donors (Lipinski definition) is 2. The van der Waals surface area contributed by atoms with Gasteiger partial charge in [-0.15, -0.1) is 0 Å². The van der Waals surface area contributed by atoms with Crippen LogP contribution in [0.15, 0.2) is 24.3 Å². The van der Waals surface area contributed by atoms with Gasteiger partial charge in [-0.2, -0.15) is 0 Å². The van der Waals surface area contributed by atoms with Crippen molar-refractivity contribution in [2.45, 2.75) is 38.6 Å². The summed E-state index contributed by atoms with van der Waals surface area (Å²) in [6.45, 7) is 1.98. The Balaban J connectivity index is 1.61. The molecule has 1 amide bonds. The van der Waals surface area contributed by atoms with Crippen molar-refractivity contribution in [3.8, 4) is 0 Å². The molecule has 22 heavy (non-hydrogen) atoms. The van der Waals surface area contributed by atoms with E-state index >= 15 is 0 Å². The minimum absolute atomic E-state index is 0.0285. The average molecular weight is 305 g/mol. The van der Waals surface area contributed by atoms with Gasteiger partial charge in [-0.3, -0.25) is 4.79 Å². The lowest BCUT2D eigenvalue weighted by Gasteiger charge is -2.31. The fourth-order valence-electron chi connectivity index (χ4n) is 4.29. The van der Waals surface area contributed by atoms with E-state index in [4.69, 9.17) is 0 Å². The molecule has 5 unspecified atom stereocenters. The van der Waals surface area contributed by atoms with E-state index in [1.54, 1.807) is 18.2 Å². The van der Waals surface area contributed by atoms with Crippen molar-refractivity contribution >= 4 is 5.91 Å². The number of carbonyl (C=O) groups is 1. The van der Waals surface area contributed by atoms with Gasteiger partial charge in [0, 0.05) is 24.5 Å². The number of rotatable bonds is 5. The SMILES string of the molecule is CC(Cc1ccccc1F)C(=O)NC1C2CCC(C2)C1CO. The molecule has 2 saturated carbocycles. The smallest absolute Gasteiger partial charge is 0.223 e. The second-order valence-corrected chi connectivity index (χ2v) is 6.91. The standard InChI is InChI=1S/C18H24FNO2/c1-11(8-13-4-2-3-5-16(13)19)18(22)20-17-14-7-6-12(9-14)15(17)10-21/h2-5,11-12,14-15,17,21H,6-10H2,1H3,(H,20,22). The molecule has 0 spiro atoms. The Labute approximate surface area is 130 Å². The maximum Gasteiger partial charge on any atom is 0.223 e. The van der Waals surface area contributed by atoms with Gasteiger partial charge in [0.15, 0.2) is 0 Å². The van der Waals surface area contributed by atoms with Crippen LogP contribution in [0, 0.1) is 29.5 Å². The van der Waals surface area contributed by atoms with E-state index in [2.05, 4.69) is 5.32 Å². The van der Waals surface area contributed by atoms with Crippen molar-refractivity contribution in [2.24, 2.45) is 23.7 Å². The van der Waals surface area contributed by atoms with E-state index in [0.717, 1.165) is 12.8 Å². The Kier molecular flexibility index (Phi) is 4.48. The predicted molar refractivity (Wildman–Crippen MR) is 82.6 cm³/mol. The Morgan fingerprint density at radius 1 is 1.36 bits per heavy atom. The number of nitrogens with one attached hydrogen (secondary N) is 1. The lowest BCUT2D eigenvalue weighted by Crippen LogP contribution is -2.47. The average Bonchev–Trinajstić information content (AvgIpc) is 3.10. The van der Waals surface area contributed by atoms with E-state index in [0.29, 0.717) is 23.8 Å². The molecule has 3 rings (SSSR count). The van der Waals surface area contributed by atoms with Gasteiger partial charge in [0.1, 0.15) is 5.82 Å². The summed E-state index contributed by atoms with van der Waals surface area (Å²) in [7, 11) is 0. The lowest BCUT2D eigenvalue weighted by atomic mass is 9.84. The fourth-order valence-corrected chi connectivity index (χ4v) is 4.29. The second kappa shape index (κ2) is 6.37. The monoisotopic (exact) mass is 305 g/mol. The molecule has 1 aromatic carbocycles. The van der Waals surface area contributed by atoms with Gasteiger partial charge >= 0.3 is 0 Å². The number of amides is 1. The van der Waals surface area contributed by atoms with E-state index in [1.807, 2.05) is 6.92 Å². The van der Waals surface area contributed by atoms with Crippen LogP contribution in [0.25, 0.3) is 0 Å². The van der Waals surface area contributed by atoms with Crippen molar-refractivity contribution in [1.82, 2.24) is 5.32 Å². The maximum absolute atomic E-state index is 13.7. The molecule has 2 N–H and O–H groups in total. The van der Waals surface area contributed by atoms with Gasteiger partial charge in [-0.1, -0.05) is 25.1 Å². The molecule has 120 valence electrons. The maximum atomic E-state index is 13.7. The van der Waals surface area contributed by atoms with Crippen LogP contribution in [-0.4, -0.2) is 23.7 Å². The summed E-state index contributed by atoms with van der Waals surface area (Å²) >= 11 is 0. The highest BCUT2D eigenvalue weighted by atomic mass is 19.1. The van der Waals surface area contributed by atoms with Crippen LogP contribution in [0.4, 0.5) is 4.39 Å². The summed E-state index contributed by atoms with van der Waals surface area (Å²) in [4.78, 5) is 12.4. The zero-order valence-corrected chi connectivity index (χ0v) is 13.0. The summed E-state index contributed by atoms with van der Waals surface area (Å²) in [6.07, 6.45) is 3.85. The first-order valence-corrected chi connectivity index (χ1v) is 8.24. The number of benzene rings is 1. The number of aliphatic hydroxyl groups excluding tert-OH is 1. The van der Waals surface area contributed by atoms with Crippen LogP contribution in [0.3, 0.4) is 0 Å². The third kappa shape index (κ3) is 2.89. The number of fused-ring (bicyclic) bond motifs is 2. The van der Waals surface area contributed by atoms with Gasteiger partial charge < -0.3 is 10.4 Å². The molecule has 4 heteroatoms. The molecule has 0 aliphatic heterocycles. The van der Waals surface area contributed by atoms with E-state index < -0.39 is 0 Å². The van der Waals surface area contributed by atoms with Crippen LogP contribution >= 0.6 is 0 Å². The zero-order valence-electron chi connectivity index (χ0n) is 13.0. The Bertz CT molecular complexity index is 548. The highest BCUT2D eigenvalue weighted by molar-refractivity contribution is 5.79. The van der Waals surface area contributed by atoms with Gasteiger partial charge in [-0.05, 0) is 49.1 Å². The van der Waals surface area contributed by atoms with Crippen LogP contribution in [0.5, 0.6) is 0 Å². The van der Waals surface area contributed by atoms with Gasteiger partial charge in [0.05, 0.1) is 0 Å². The largest absolute Gasteiger partial charge is 0.396 e. The summed E-state index contributed by atoms with van der Waals surface area (Å²) in [6, 6.07) is 6.70. The van der Waals surface area contributed by atoms with E-state index in [9.17, 15) is 14.3 Å². The number of aliphatic hydroxyl groups is 1. The number of carbonyl (C=O) groups excluding carboxylic acids is 1. The molecule has 3 nitrogen and oxygen atoms in total. The Morgan fingerprint density at radius 2 is 2.09 bits per heavy atom. The van der Waals surface area contributed by atoms with Crippen LogP contribution < -0.4 is 5.32 Å². The first kappa shape index (κ1) is 15.5. The molecular weight excluding hydrogens is 281 g/mol. The van der Waals surface area contributed by atoms with Crippen LogP contribution in [-0.2, 0) is 11.2 Å². The molecule has 1 aromatic rings. The van der Waals surface area contributed by atoms with Gasteiger partial charge in [0.25, 0.3) is 0 Å². The second-order valence-electron chi connectivity index (χ2n) is 6.91. The summed E-state index contributed by atoms with van der Waals surface area (Å²) < 4.78 is 13.7. The molecule has 0 radical (unpaired) electrons. The predicted octanol–water partition coefficient (Wildman–Crippen LogP) is 2.53. The molecule has 0 heterocycles. The van der Waals surface area contributed by atoms with Gasteiger partial charge in [-0.25, -0.2) is 4.39 Å². The highest BCUT2D eigenvalue weighted by Gasteiger charge is 2.47. The molecule has 2 aliphatic rings. The molecule has 5 atom stereocenters. The quantitative estimate of drug-likeness (QED) is 0.878. The molecule has 2 aliphatic carbocycles. The minimum atomic E-state index is -0.268. The number of halogens is 1. The summed E-state index contributed by atoms with van der Waals surface area (Å²) in [5.74, 6) is 0.710. The van der Waals surface area contributed by atoms with Crippen LogP contribution in [0.2, 0.25) is 0 Å². The first-order chi connectivity index (χ1) is 10.6. The van der Waals surface area contributed by atoms with Crippen molar-refractivity contribution < 1.29 is 14.3 Å². The van der Waals surface area contributed by atoms with Gasteiger partial charge in [0.2, 0.25) is 5.91 Å². The first-order valence-electron chi connectivity index (χ1n) is 8.24. The van der Waals surface area contributed by atoms with E-state index in [-0.39, 0.29) is 36.2 Å². The number of hydrogen-bond acceptors (Lipinski definition) is 2. The fraction of sp³-hybridized carbons (Fsp3) is 0.611. The van der Waals surface area contributed by atoms with Crippen LogP contribution in [0.1, 0.15) is 31.7 Å². The third-order valence-electron chi connectivity index (χ3n) is 5.54. The normalized spacial score (nSPS) is 31.2. The topological polar surface area (TPSA) is 49.3 Å². The molecule has 2 fully saturated rings. The highest BCUT2D eigenvalue weighted by Crippen LogP contribution is 2.48. The zero-order chi connectivity index (χ0) is 15.7. The summed E-state index contributed by atoms with van der Waals surface area (Å²) in [5.41, 5.74) is 0.580. The Morgan fingerprint density at radius 3 is 2.82 bits per heavy atom. The molecule has 0 aromatic heterocycles. The van der Waals surface area contributed by atoms with E-state index in [1.165, 1.54) is 12.5 Å². The third-order valence-corrected chi connectivity index (χ3v) is 5.54. The Hall–Kier alpha value is -1.42. The molecule has 2 bridgehead atoms. The molecular formula is C18H24FNO2. The van der Waals surface area contributed by atoms with Crippen molar-refractivity contribution in [1.29, 1.82) is 0 Å². The van der Waals surface area contributed by atoms with Crippen molar-refractivity contribution in [2.75, 3.05) is 6.61 Å². The minimum Gasteiger partial charge on any atom is -0.396 e. The molecule has 0 saturated heterocycles. The lowest BCUT2D eigenvalue weighted by molar-refractivity contribution is -0.126.